The van der Waals surface area contributed by atoms with Crippen LogP contribution in [0.1, 0.15) is 46.5 Å². The number of piperidine rings is 1. The van der Waals surface area contributed by atoms with Crippen LogP contribution in [-0.2, 0) is 9.53 Å². The van der Waals surface area contributed by atoms with Crippen molar-refractivity contribution >= 4 is 5.97 Å². The second-order valence-corrected chi connectivity index (χ2v) is 6.14. The molecule has 0 aromatic rings. The van der Waals surface area contributed by atoms with Crippen molar-refractivity contribution in [3.05, 3.63) is 0 Å². The summed E-state index contributed by atoms with van der Waals surface area (Å²) in [5.74, 6) is -0.103. The first-order valence-corrected chi connectivity index (χ1v) is 7.54. The van der Waals surface area contributed by atoms with Gasteiger partial charge in [0.15, 0.2) is 0 Å². The summed E-state index contributed by atoms with van der Waals surface area (Å²) in [7, 11) is 1.47. The van der Waals surface area contributed by atoms with Gasteiger partial charge in [-0.25, -0.2) is 0 Å². The van der Waals surface area contributed by atoms with E-state index in [0.717, 1.165) is 32.6 Å². The zero-order valence-corrected chi connectivity index (χ0v) is 13.0. The van der Waals surface area contributed by atoms with Gasteiger partial charge in [0.25, 0.3) is 0 Å². The summed E-state index contributed by atoms with van der Waals surface area (Å²) < 4.78 is 4.89. The Morgan fingerprint density at radius 3 is 2.47 bits per heavy atom. The Morgan fingerprint density at radius 2 is 1.95 bits per heavy atom. The average molecular weight is 270 g/mol. The minimum Gasteiger partial charge on any atom is -0.469 e. The van der Waals surface area contributed by atoms with Crippen LogP contribution >= 0.6 is 0 Å². The molecule has 0 aromatic carbocycles. The van der Waals surface area contributed by atoms with Gasteiger partial charge in [-0.05, 0) is 65.7 Å². The molecule has 19 heavy (non-hydrogen) atoms. The number of ether oxygens (including phenoxy) is 1. The van der Waals surface area contributed by atoms with Gasteiger partial charge in [-0.1, -0.05) is 6.92 Å². The van der Waals surface area contributed by atoms with Crippen LogP contribution in [0.15, 0.2) is 0 Å². The lowest BCUT2D eigenvalue weighted by Crippen LogP contribution is -2.45. The van der Waals surface area contributed by atoms with Crippen molar-refractivity contribution in [2.45, 2.75) is 52.5 Å². The van der Waals surface area contributed by atoms with Crippen LogP contribution < -0.4 is 5.32 Å². The number of carbonyl (C=O) groups is 1. The number of methoxy groups -OCH3 is 1. The van der Waals surface area contributed by atoms with Crippen molar-refractivity contribution < 1.29 is 9.53 Å². The predicted octanol–water partition coefficient (Wildman–Crippen LogP) is 2.04. The summed E-state index contributed by atoms with van der Waals surface area (Å²) in [6.07, 6.45) is 4.48. The van der Waals surface area contributed by atoms with Crippen LogP contribution in [0.4, 0.5) is 0 Å². The fourth-order valence-electron chi connectivity index (χ4n) is 2.74. The third-order valence-electron chi connectivity index (χ3n) is 4.10. The van der Waals surface area contributed by atoms with Crippen LogP contribution in [-0.4, -0.2) is 50.2 Å². The molecule has 4 nitrogen and oxygen atoms in total. The Balaban J connectivity index is 2.51. The molecule has 1 rings (SSSR count). The average Bonchev–Trinajstić information content (AvgIpc) is 2.43. The number of hydrogen-bond donors (Lipinski definition) is 1. The SMILES string of the molecule is CCCN(CCC(C)(C)C(=O)OC)C1CCNCC1. The summed E-state index contributed by atoms with van der Waals surface area (Å²) in [5, 5.41) is 3.41. The molecule has 0 atom stereocenters. The van der Waals surface area contributed by atoms with Crippen molar-refractivity contribution in [2.75, 3.05) is 33.3 Å². The highest BCUT2D eigenvalue weighted by molar-refractivity contribution is 5.75. The smallest absolute Gasteiger partial charge is 0.311 e. The largest absolute Gasteiger partial charge is 0.469 e. The highest BCUT2D eigenvalue weighted by Gasteiger charge is 2.30. The lowest BCUT2D eigenvalue weighted by molar-refractivity contribution is -0.151. The standard InChI is InChI=1S/C15H30N2O2/c1-5-11-17(13-6-9-16-10-7-13)12-8-15(2,3)14(18)19-4/h13,16H,5-12H2,1-4H3. The molecule has 1 heterocycles. The Kier molecular flexibility index (Phi) is 6.80. The zero-order valence-electron chi connectivity index (χ0n) is 13.0. The molecule has 0 saturated carbocycles. The van der Waals surface area contributed by atoms with Crippen molar-refractivity contribution in [3.8, 4) is 0 Å². The monoisotopic (exact) mass is 270 g/mol. The Morgan fingerprint density at radius 1 is 1.32 bits per heavy atom. The molecule has 0 aromatic heterocycles. The molecule has 1 saturated heterocycles. The van der Waals surface area contributed by atoms with E-state index in [2.05, 4.69) is 17.1 Å². The fraction of sp³-hybridized carbons (Fsp3) is 0.933. The highest BCUT2D eigenvalue weighted by atomic mass is 16.5. The maximum Gasteiger partial charge on any atom is 0.311 e. The Hall–Kier alpha value is -0.610. The number of hydrogen-bond acceptors (Lipinski definition) is 4. The van der Waals surface area contributed by atoms with Gasteiger partial charge >= 0.3 is 5.97 Å². The molecule has 0 aliphatic carbocycles. The number of carbonyl (C=O) groups excluding carboxylic acids is 1. The third kappa shape index (κ3) is 5.11. The second-order valence-electron chi connectivity index (χ2n) is 6.14. The van der Waals surface area contributed by atoms with Gasteiger partial charge in [0.05, 0.1) is 12.5 Å². The first-order chi connectivity index (χ1) is 9.01. The van der Waals surface area contributed by atoms with E-state index in [1.54, 1.807) is 0 Å². The van der Waals surface area contributed by atoms with E-state index in [0.29, 0.717) is 6.04 Å². The summed E-state index contributed by atoms with van der Waals surface area (Å²) in [5.41, 5.74) is -0.381. The maximum absolute atomic E-state index is 11.7. The normalized spacial score (nSPS) is 17.7. The highest BCUT2D eigenvalue weighted by Crippen LogP contribution is 2.24. The summed E-state index contributed by atoms with van der Waals surface area (Å²) in [6, 6.07) is 0.676. The van der Waals surface area contributed by atoms with Crippen molar-refractivity contribution in [1.82, 2.24) is 10.2 Å². The van der Waals surface area contributed by atoms with Crippen LogP contribution in [0.5, 0.6) is 0 Å². The van der Waals surface area contributed by atoms with Gasteiger partial charge in [-0.2, -0.15) is 0 Å². The van der Waals surface area contributed by atoms with Crippen molar-refractivity contribution in [1.29, 1.82) is 0 Å². The van der Waals surface area contributed by atoms with Gasteiger partial charge in [0, 0.05) is 6.04 Å². The van der Waals surface area contributed by atoms with Crippen molar-refractivity contribution in [3.63, 3.8) is 0 Å². The second kappa shape index (κ2) is 7.85. The van der Waals surface area contributed by atoms with E-state index in [1.807, 2.05) is 13.8 Å². The van der Waals surface area contributed by atoms with Crippen molar-refractivity contribution in [2.24, 2.45) is 5.41 Å². The van der Waals surface area contributed by atoms with Gasteiger partial charge in [0.2, 0.25) is 0 Å². The first-order valence-electron chi connectivity index (χ1n) is 7.54. The summed E-state index contributed by atoms with van der Waals surface area (Å²) in [4.78, 5) is 14.3. The van der Waals surface area contributed by atoms with Crippen LogP contribution in [0.3, 0.4) is 0 Å². The minimum absolute atomic E-state index is 0.103. The van der Waals surface area contributed by atoms with Crippen LogP contribution in [0.25, 0.3) is 0 Å². The quantitative estimate of drug-likeness (QED) is 0.719. The van der Waals surface area contributed by atoms with Crippen LogP contribution in [0, 0.1) is 5.41 Å². The lowest BCUT2D eigenvalue weighted by Gasteiger charge is -2.36. The van der Waals surface area contributed by atoms with Gasteiger partial charge in [0.1, 0.15) is 0 Å². The summed E-state index contributed by atoms with van der Waals surface area (Å²) >= 11 is 0. The molecular formula is C15H30N2O2. The van der Waals surface area contributed by atoms with E-state index < -0.39 is 0 Å². The van der Waals surface area contributed by atoms with E-state index in [1.165, 1.54) is 26.4 Å². The number of nitrogens with zero attached hydrogens (tertiary/aromatic N) is 1. The molecule has 1 aliphatic rings. The van der Waals surface area contributed by atoms with Gasteiger partial charge in [-0.3, -0.25) is 4.79 Å². The fourth-order valence-corrected chi connectivity index (χ4v) is 2.74. The zero-order chi connectivity index (χ0) is 14.3. The third-order valence-corrected chi connectivity index (χ3v) is 4.10. The van der Waals surface area contributed by atoms with E-state index >= 15 is 0 Å². The van der Waals surface area contributed by atoms with Gasteiger partial charge < -0.3 is 15.0 Å². The topological polar surface area (TPSA) is 41.6 Å². The molecular weight excluding hydrogens is 240 g/mol. The lowest BCUT2D eigenvalue weighted by atomic mass is 9.88. The first kappa shape index (κ1) is 16.4. The van der Waals surface area contributed by atoms with E-state index in [-0.39, 0.29) is 11.4 Å². The molecule has 4 heteroatoms. The predicted molar refractivity (Wildman–Crippen MR) is 78.2 cm³/mol. The van der Waals surface area contributed by atoms with Crippen LogP contribution in [0.2, 0.25) is 0 Å². The molecule has 0 radical (unpaired) electrons. The molecule has 1 N–H and O–H groups in total. The number of esters is 1. The number of rotatable bonds is 7. The molecule has 0 unspecified atom stereocenters. The molecule has 0 bridgehead atoms. The molecule has 0 amide bonds. The molecule has 0 spiro atoms. The van der Waals surface area contributed by atoms with E-state index in [9.17, 15) is 4.79 Å². The Labute approximate surface area is 117 Å². The molecule has 1 aliphatic heterocycles. The molecule has 1 fully saturated rings. The van der Waals surface area contributed by atoms with E-state index in [4.69, 9.17) is 4.74 Å². The van der Waals surface area contributed by atoms with Gasteiger partial charge in [-0.15, -0.1) is 0 Å². The maximum atomic E-state index is 11.7. The molecule has 112 valence electrons. The minimum atomic E-state index is -0.381. The Bertz CT molecular complexity index is 273. The number of nitrogens with one attached hydrogen (secondary N) is 1. The summed E-state index contributed by atoms with van der Waals surface area (Å²) in [6.45, 7) is 10.5.